The molecule has 2 rings (SSSR count). The molecule has 0 aliphatic rings. The highest BCUT2D eigenvalue weighted by atomic mass is 19.2. The average molecular weight is 235 g/mol. The number of aryl methyl sites for hydroxylation is 1. The zero-order valence-corrected chi connectivity index (χ0v) is 9.46. The molecule has 0 atom stereocenters. The Kier molecular flexibility index (Phi) is 2.75. The van der Waals surface area contributed by atoms with Gasteiger partial charge < -0.3 is 5.73 Å². The first-order chi connectivity index (χ1) is 7.99. The monoisotopic (exact) mass is 235 g/mol. The molecule has 1 aromatic heterocycles. The van der Waals surface area contributed by atoms with Crippen LogP contribution in [0.25, 0.3) is 11.3 Å². The van der Waals surface area contributed by atoms with Crippen LogP contribution in [0.5, 0.6) is 0 Å². The molecular formula is C12H11F2N3. The summed E-state index contributed by atoms with van der Waals surface area (Å²) >= 11 is 0. The third kappa shape index (κ3) is 2.08. The van der Waals surface area contributed by atoms with Crippen LogP contribution in [0, 0.1) is 25.5 Å². The molecule has 1 heterocycles. The van der Waals surface area contributed by atoms with E-state index in [0.29, 0.717) is 28.5 Å². The molecule has 1 aromatic carbocycles. The van der Waals surface area contributed by atoms with Crippen LogP contribution in [-0.4, -0.2) is 9.97 Å². The summed E-state index contributed by atoms with van der Waals surface area (Å²) in [7, 11) is 0. The summed E-state index contributed by atoms with van der Waals surface area (Å²) in [6.45, 7) is 3.44. The first kappa shape index (κ1) is 11.4. The summed E-state index contributed by atoms with van der Waals surface area (Å²) in [5.41, 5.74) is 7.37. The van der Waals surface area contributed by atoms with Crippen molar-refractivity contribution in [1.82, 2.24) is 9.97 Å². The van der Waals surface area contributed by atoms with E-state index in [2.05, 4.69) is 9.97 Å². The minimum Gasteiger partial charge on any atom is -0.383 e. The maximum absolute atomic E-state index is 13.1. The lowest BCUT2D eigenvalue weighted by Gasteiger charge is -2.08. The van der Waals surface area contributed by atoms with E-state index >= 15 is 0 Å². The Labute approximate surface area is 97.3 Å². The summed E-state index contributed by atoms with van der Waals surface area (Å²) in [5.74, 6) is -0.952. The Hall–Kier alpha value is -2.04. The second-order valence-corrected chi connectivity index (χ2v) is 3.76. The van der Waals surface area contributed by atoms with Gasteiger partial charge in [-0.05, 0) is 32.0 Å². The summed E-state index contributed by atoms with van der Waals surface area (Å²) in [5, 5.41) is 0. The van der Waals surface area contributed by atoms with Crippen LogP contribution in [0.3, 0.4) is 0 Å². The number of benzene rings is 1. The van der Waals surface area contributed by atoms with Gasteiger partial charge in [-0.2, -0.15) is 0 Å². The number of nitrogens with two attached hydrogens (primary N) is 1. The van der Waals surface area contributed by atoms with Crippen LogP contribution in [0.4, 0.5) is 14.6 Å². The van der Waals surface area contributed by atoms with Crippen LogP contribution in [0.1, 0.15) is 11.4 Å². The molecule has 0 radical (unpaired) electrons. The van der Waals surface area contributed by atoms with Gasteiger partial charge in [0.25, 0.3) is 0 Å². The highest BCUT2D eigenvalue weighted by molar-refractivity contribution is 5.67. The molecule has 88 valence electrons. The highest BCUT2D eigenvalue weighted by Crippen LogP contribution is 2.25. The van der Waals surface area contributed by atoms with Gasteiger partial charge in [0.05, 0.1) is 5.69 Å². The Morgan fingerprint density at radius 3 is 2.41 bits per heavy atom. The van der Waals surface area contributed by atoms with E-state index in [1.165, 1.54) is 6.07 Å². The Morgan fingerprint density at radius 1 is 1.06 bits per heavy atom. The molecule has 0 spiro atoms. The molecule has 0 bridgehead atoms. The third-order valence-electron chi connectivity index (χ3n) is 2.49. The van der Waals surface area contributed by atoms with E-state index in [1.54, 1.807) is 13.8 Å². The van der Waals surface area contributed by atoms with E-state index in [-0.39, 0.29) is 0 Å². The molecule has 0 saturated carbocycles. The van der Waals surface area contributed by atoms with Gasteiger partial charge in [0.15, 0.2) is 11.6 Å². The van der Waals surface area contributed by atoms with E-state index < -0.39 is 11.6 Å². The normalized spacial score (nSPS) is 10.6. The minimum atomic E-state index is -0.906. The van der Waals surface area contributed by atoms with Gasteiger partial charge in [-0.25, -0.2) is 18.7 Å². The van der Waals surface area contributed by atoms with Gasteiger partial charge in [-0.15, -0.1) is 0 Å². The third-order valence-corrected chi connectivity index (χ3v) is 2.49. The number of hydrogen-bond donors (Lipinski definition) is 1. The lowest BCUT2D eigenvalue weighted by Crippen LogP contribution is -2.02. The quantitative estimate of drug-likeness (QED) is 0.826. The molecular weight excluding hydrogens is 224 g/mol. The standard InChI is InChI=1S/C12H11F2N3/c1-6-11(16-7(2)17-12(6)15)8-3-4-9(13)10(14)5-8/h3-5H,1-2H3,(H2,15,16,17). The lowest BCUT2D eigenvalue weighted by molar-refractivity contribution is 0.509. The Morgan fingerprint density at radius 2 is 1.76 bits per heavy atom. The fourth-order valence-corrected chi connectivity index (χ4v) is 1.57. The van der Waals surface area contributed by atoms with Crippen molar-refractivity contribution in [2.24, 2.45) is 0 Å². The zero-order valence-electron chi connectivity index (χ0n) is 9.46. The number of halogens is 2. The lowest BCUT2D eigenvalue weighted by atomic mass is 10.1. The molecule has 0 aliphatic carbocycles. The van der Waals surface area contributed by atoms with Crippen molar-refractivity contribution in [1.29, 1.82) is 0 Å². The maximum atomic E-state index is 13.1. The fraction of sp³-hybridized carbons (Fsp3) is 0.167. The number of anilines is 1. The van der Waals surface area contributed by atoms with Gasteiger partial charge in [-0.1, -0.05) is 0 Å². The van der Waals surface area contributed by atoms with Crippen molar-refractivity contribution in [2.45, 2.75) is 13.8 Å². The smallest absolute Gasteiger partial charge is 0.159 e. The van der Waals surface area contributed by atoms with Crippen LogP contribution in [0.2, 0.25) is 0 Å². The summed E-state index contributed by atoms with van der Waals surface area (Å²) < 4.78 is 26.0. The molecule has 3 nitrogen and oxygen atoms in total. The Bertz CT molecular complexity index is 582. The summed E-state index contributed by atoms with van der Waals surface area (Å²) in [4.78, 5) is 8.19. The van der Waals surface area contributed by atoms with Crippen LogP contribution < -0.4 is 5.73 Å². The van der Waals surface area contributed by atoms with Crippen LogP contribution in [-0.2, 0) is 0 Å². The van der Waals surface area contributed by atoms with Crippen molar-refractivity contribution < 1.29 is 8.78 Å². The molecule has 0 fully saturated rings. The van der Waals surface area contributed by atoms with E-state index in [9.17, 15) is 8.78 Å². The molecule has 5 heteroatoms. The number of hydrogen-bond acceptors (Lipinski definition) is 3. The molecule has 0 unspecified atom stereocenters. The SMILES string of the molecule is Cc1nc(N)c(C)c(-c2ccc(F)c(F)c2)n1. The van der Waals surface area contributed by atoms with E-state index in [4.69, 9.17) is 5.73 Å². The van der Waals surface area contributed by atoms with Crippen molar-refractivity contribution >= 4 is 5.82 Å². The predicted octanol–water partition coefficient (Wildman–Crippen LogP) is 2.62. The van der Waals surface area contributed by atoms with Gasteiger partial charge in [0.1, 0.15) is 11.6 Å². The molecule has 17 heavy (non-hydrogen) atoms. The molecule has 2 aromatic rings. The first-order valence-electron chi connectivity index (χ1n) is 5.05. The Balaban J connectivity index is 2.64. The van der Waals surface area contributed by atoms with Gasteiger partial charge in [-0.3, -0.25) is 0 Å². The van der Waals surface area contributed by atoms with Crippen molar-refractivity contribution in [3.05, 3.63) is 41.2 Å². The highest BCUT2D eigenvalue weighted by Gasteiger charge is 2.11. The van der Waals surface area contributed by atoms with Gasteiger partial charge in [0.2, 0.25) is 0 Å². The fourth-order valence-electron chi connectivity index (χ4n) is 1.57. The molecule has 2 N–H and O–H groups in total. The predicted molar refractivity (Wildman–Crippen MR) is 61.3 cm³/mol. The number of aromatic nitrogens is 2. The molecule has 0 saturated heterocycles. The molecule has 0 amide bonds. The van der Waals surface area contributed by atoms with Gasteiger partial charge >= 0.3 is 0 Å². The average Bonchev–Trinajstić information content (AvgIpc) is 2.27. The minimum absolute atomic E-state index is 0.345. The summed E-state index contributed by atoms with van der Waals surface area (Å²) in [6, 6.07) is 3.63. The second kappa shape index (κ2) is 4.08. The second-order valence-electron chi connectivity index (χ2n) is 3.76. The summed E-state index contributed by atoms with van der Waals surface area (Å²) in [6.07, 6.45) is 0. The van der Waals surface area contributed by atoms with Gasteiger partial charge in [0, 0.05) is 11.1 Å². The molecule has 0 aliphatic heterocycles. The number of rotatable bonds is 1. The topological polar surface area (TPSA) is 51.8 Å². The van der Waals surface area contributed by atoms with Crippen molar-refractivity contribution in [3.8, 4) is 11.3 Å². The van der Waals surface area contributed by atoms with Crippen LogP contribution >= 0.6 is 0 Å². The first-order valence-corrected chi connectivity index (χ1v) is 5.05. The van der Waals surface area contributed by atoms with Crippen LogP contribution in [0.15, 0.2) is 18.2 Å². The number of nitrogen functional groups attached to an aromatic ring is 1. The maximum Gasteiger partial charge on any atom is 0.159 e. The van der Waals surface area contributed by atoms with Crippen molar-refractivity contribution in [3.63, 3.8) is 0 Å². The largest absolute Gasteiger partial charge is 0.383 e. The zero-order chi connectivity index (χ0) is 12.6. The van der Waals surface area contributed by atoms with Crippen molar-refractivity contribution in [2.75, 3.05) is 5.73 Å². The number of nitrogens with zero attached hydrogens (tertiary/aromatic N) is 2. The van der Waals surface area contributed by atoms with E-state index in [1.807, 2.05) is 0 Å². The van der Waals surface area contributed by atoms with E-state index in [0.717, 1.165) is 12.1 Å².